The molecule has 0 heterocycles. The van der Waals surface area contributed by atoms with Crippen LogP contribution < -0.4 is 0 Å². The second kappa shape index (κ2) is 6.70. The summed E-state index contributed by atoms with van der Waals surface area (Å²) in [6, 6.07) is 3.98. The van der Waals surface area contributed by atoms with E-state index in [-0.39, 0.29) is 24.3 Å². The van der Waals surface area contributed by atoms with E-state index in [4.69, 9.17) is 4.74 Å². The van der Waals surface area contributed by atoms with Crippen LogP contribution in [0.5, 0.6) is 11.5 Å². The Hall–Kier alpha value is -2.54. The number of aliphatic hydroxyl groups excluding tert-OH is 1. The predicted octanol–water partition coefficient (Wildman–Crippen LogP) is 1.41. The molecule has 0 amide bonds. The van der Waals surface area contributed by atoms with Gasteiger partial charge in [0.15, 0.2) is 11.5 Å². The molecule has 0 radical (unpaired) electrons. The number of rotatable bonds is 4. The van der Waals surface area contributed by atoms with Crippen molar-refractivity contribution in [3.05, 3.63) is 29.8 Å². The first kappa shape index (κ1) is 16.8. The molecule has 1 aliphatic rings. The van der Waals surface area contributed by atoms with Crippen LogP contribution in [0.4, 0.5) is 0 Å². The van der Waals surface area contributed by atoms with Crippen LogP contribution in [0.3, 0.4) is 0 Å². The molecule has 2 rings (SSSR count). The van der Waals surface area contributed by atoms with Crippen LogP contribution in [0.2, 0.25) is 0 Å². The maximum Gasteiger partial charge on any atom is 0.348 e. The topological polar surface area (TPSA) is 124 Å². The molecule has 0 bridgehead atoms. The van der Waals surface area contributed by atoms with Crippen molar-refractivity contribution in [3.63, 3.8) is 0 Å². The molecule has 0 spiro atoms. The van der Waals surface area contributed by atoms with E-state index in [0.717, 1.165) is 6.08 Å². The van der Waals surface area contributed by atoms with E-state index < -0.39 is 23.6 Å². The number of aliphatic hydroxyl groups is 1. The van der Waals surface area contributed by atoms with Gasteiger partial charge in [0, 0.05) is 12.5 Å². The maximum absolute atomic E-state index is 11.9. The molecule has 7 nitrogen and oxygen atoms in total. The smallest absolute Gasteiger partial charge is 0.348 e. The number of carbonyl (C=O) groups excluding carboxylic acids is 1. The normalized spacial score (nSPS) is 24.5. The van der Waals surface area contributed by atoms with Gasteiger partial charge >= 0.3 is 11.9 Å². The zero-order valence-corrected chi connectivity index (χ0v) is 12.3. The third-order valence-corrected chi connectivity index (χ3v) is 3.78. The number of phenolic OH excluding ortho intramolecular Hbond substituents is 2. The predicted molar refractivity (Wildman–Crippen MR) is 79.7 cm³/mol. The Morgan fingerprint density at radius 3 is 2.61 bits per heavy atom. The van der Waals surface area contributed by atoms with E-state index >= 15 is 0 Å². The molecule has 1 aromatic rings. The van der Waals surface area contributed by atoms with Crippen molar-refractivity contribution in [2.24, 2.45) is 0 Å². The third kappa shape index (κ3) is 4.01. The third-order valence-electron chi connectivity index (χ3n) is 3.78. The maximum atomic E-state index is 11.9. The molecular weight excluding hydrogens is 304 g/mol. The Balaban J connectivity index is 2.08. The fraction of sp³-hybridized carbons (Fsp3) is 0.375. The first-order valence-electron chi connectivity index (χ1n) is 7.17. The molecule has 7 heteroatoms. The second-order valence-electron chi connectivity index (χ2n) is 5.55. The lowest BCUT2D eigenvalue weighted by Crippen LogP contribution is -2.48. The molecule has 23 heavy (non-hydrogen) atoms. The lowest BCUT2D eigenvalue weighted by Gasteiger charge is -2.34. The molecule has 1 saturated carbocycles. The van der Waals surface area contributed by atoms with Crippen LogP contribution in [0.15, 0.2) is 24.3 Å². The van der Waals surface area contributed by atoms with Crippen molar-refractivity contribution >= 4 is 18.0 Å². The van der Waals surface area contributed by atoms with Crippen molar-refractivity contribution < 1.29 is 34.8 Å². The van der Waals surface area contributed by atoms with Gasteiger partial charge in [-0.25, -0.2) is 9.59 Å². The van der Waals surface area contributed by atoms with Gasteiger partial charge in [0.1, 0.15) is 0 Å². The molecule has 1 unspecified atom stereocenters. The summed E-state index contributed by atoms with van der Waals surface area (Å²) in [6.45, 7) is 0. The first-order chi connectivity index (χ1) is 10.8. The van der Waals surface area contributed by atoms with Gasteiger partial charge in [-0.15, -0.1) is 0 Å². The van der Waals surface area contributed by atoms with Gasteiger partial charge in [-0.05, 0) is 43.0 Å². The average molecular weight is 322 g/mol. The molecule has 0 aliphatic heterocycles. The van der Waals surface area contributed by atoms with Crippen LogP contribution in [0.1, 0.15) is 31.2 Å². The molecule has 1 aromatic carbocycles. The van der Waals surface area contributed by atoms with E-state index in [1.807, 2.05) is 0 Å². The molecule has 0 saturated heterocycles. The number of carbonyl (C=O) groups is 2. The number of ether oxygens (including phenoxy) is 1. The lowest BCUT2D eigenvalue weighted by molar-refractivity contribution is -0.183. The monoisotopic (exact) mass is 322 g/mol. The second-order valence-corrected chi connectivity index (χ2v) is 5.55. The highest BCUT2D eigenvalue weighted by atomic mass is 16.6. The Morgan fingerprint density at radius 2 is 2.00 bits per heavy atom. The van der Waals surface area contributed by atoms with Gasteiger partial charge < -0.3 is 25.2 Å². The van der Waals surface area contributed by atoms with E-state index in [9.17, 15) is 30.0 Å². The number of hydrogen-bond acceptors (Lipinski definition) is 6. The summed E-state index contributed by atoms with van der Waals surface area (Å²) < 4.78 is 5.09. The number of carboxylic acids is 1. The number of benzene rings is 1. The standard InChI is InChI=1S/C16H18O7/c17-11-2-1-7-16(9-11,15(21)22)23-14(20)6-4-10-3-5-12(18)13(19)8-10/h3-6,8,11,17-19H,1-2,7,9H2,(H,21,22)/b6-4+/t11?,16-/m0/s1. The molecule has 2 atom stereocenters. The molecular formula is C16H18O7. The minimum Gasteiger partial charge on any atom is -0.504 e. The molecule has 1 fully saturated rings. The summed E-state index contributed by atoms with van der Waals surface area (Å²) in [7, 11) is 0. The number of aliphatic carboxylic acids is 1. The fourth-order valence-corrected chi connectivity index (χ4v) is 2.57. The van der Waals surface area contributed by atoms with E-state index in [0.29, 0.717) is 18.4 Å². The van der Waals surface area contributed by atoms with Crippen molar-refractivity contribution in [1.29, 1.82) is 0 Å². The highest BCUT2D eigenvalue weighted by molar-refractivity contribution is 5.90. The van der Waals surface area contributed by atoms with E-state index in [2.05, 4.69) is 0 Å². The van der Waals surface area contributed by atoms with Crippen LogP contribution >= 0.6 is 0 Å². The number of esters is 1. The SMILES string of the molecule is O=C(/C=C/c1ccc(O)c(O)c1)O[C@@]1(C(=O)O)CCCC(O)C1. The van der Waals surface area contributed by atoms with Gasteiger partial charge in [0.05, 0.1) is 6.10 Å². The summed E-state index contributed by atoms with van der Waals surface area (Å²) in [5.41, 5.74) is -1.28. The van der Waals surface area contributed by atoms with E-state index in [1.54, 1.807) is 0 Å². The van der Waals surface area contributed by atoms with Crippen molar-refractivity contribution in [1.82, 2.24) is 0 Å². The largest absolute Gasteiger partial charge is 0.504 e. The number of carboxylic acid groups (broad SMARTS) is 1. The van der Waals surface area contributed by atoms with Crippen molar-refractivity contribution in [2.75, 3.05) is 0 Å². The van der Waals surface area contributed by atoms with Gasteiger partial charge in [-0.3, -0.25) is 0 Å². The quantitative estimate of drug-likeness (QED) is 0.375. The van der Waals surface area contributed by atoms with Crippen LogP contribution in [-0.4, -0.2) is 44.1 Å². The highest BCUT2D eigenvalue weighted by Crippen LogP contribution is 2.32. The van der Waals surface area contributed by atoms with Gasteiger partial charge in [0.25, 0.3) is 0 Å². The summed E-state index contributed by atoms with van der Waals surface area (Å²) in [5.74, 6) is -2.75. The zero-order valence-electron chi connectivity index (χ0n) is 12.3. The lowest BCUT2D eigenvalue weighted by atomic mass is 9.83. The summed E-state index contributed by atoms with van der Waals surface area (Å²) in [5, 5.41) is 37.5. The average Bonchev–Trinajstić information content (AvgIpc) is 2.48. The van der Waals surface area contributed by atoms with Crippen molar-refractivity contribution in [2.45, 2.75) is 37.4 Å². The highest BCUT2D eigenvalue weighted by Gasteiger charge is 2.46. The molecule has 4 N–H and O–H groups in total. The first-order valence-corrected chi connectivity index (χ1v) is 7.17. The summed E-state index contributed by atoms with van der Waals surface area (Å²) in [6.07, 6.45) is 2.51. The summed E-state index contributed by atoms with van der Waals surface area (Å²) >= 11 is 0. The van der Waals surface area contributed by atoms with Crippen molar-refractivity contribution in [3.8, 4) is 11.5 Å². The fourth-order valence-electron chi connectivity index (χ4n) is 2.57. The number of aromatic hydroxyl groups is 2. The van der Waals surface area contributed by atoms with Gasteiger partial charge in [0.2, 0.25) is 5.60 Å². The zero-order chi connectivity index (χ0) is 17.0. The van der Waals surface area contributed by atoms with Gasteiger partial charge in [-0.2, -0.15) is 0 Å². The number of hydrogen-bond donors (Lipinski definition) is 4. The molecule has 124 valence electrons. The Bertz CT molecular complexity index is 637. The van der Waals surface area contributed by atoms with Crippen LogP contribution in [0, 0.1) is 0 Å². The molecule has 0 aromatic heterocycles. The Morgan fingerprint density at radius 1 is 1.26 bits per heavy atom. The number of phenols is 2. The van der Waals surface area contributed by atoms with Crippen LogP contribution in [0.25, 0.3) is 6.08 Å². The summed E-state index contributed by atoms with van der Waals surface area (Å²) in [4.78, 5) is 23.3. The Kier molecular flexibility index (Phi) is 4.90. The Labute approximate surface area is 132 Å². The van der Waals surface area contributed by atoms with E-state index in [1.165, 1.54) is 24.3 Å². The molecule has 1 aliphatic carbocycles. The van der Waals surface area contributed by atoms with Crippen LogP contribution in [-0.2, 0) is 14.3 Å². The minimum absolute atomic E-state index is 0.137. The van der Waals surface area contributed by atoms with Gasteiger partial charge in [-0.1, -0.05) is 6.07 Å². The minimum atomic E-state index is -1.71.